The van der Waals surface area contributed by atoms with Gasteiger partial charge in [0.2, 0.25) is 5.95 Å². The molecule has 0 saturated carbocycles. The zero-order chi connectivity index (χ0) is 25.5. The Morgan fingerprint density at radius 3 is 2.78 bits per heavy atom. The Kier molecular flexibility index (Phi) is 5.67. The SMILES string of the molecule is CCCc1nc2ccc(F)nc2n1Cc1ccc2c(c1)COc1ccccc1/C2=C(\C)c1noc(=O)[nH]1. The van der Waals surface area contributed by atoms with Crippen LogP contribution >= 0.6 is 0 Å². The molecule has 8 nitrogen and oxygen atoms in total. The summed E-state index contributed by atoms with van der Waals surface area (Å²) in [6.07, 6.45) is 1.68. The van der Waals surface area contributed by atoms with Crippen molar-refractivity contribution in [2.75, 3.05) is 0 Å². The summed E-state index contributed by atoms with van der Waals surface area (Å²) in [4.78, 5) is 23.1. The molecule has 186 valence electrons. The van der Waals surface area contributed by atoms with Crippen LogP contribution in [0.25, 0.3) is 22.3 Å². The summed E-state index contributed by atoms with van der Waals surface area (Å²) in [5, 5.41) is 3.91. The smallest absolute Gasteiger partial charge is 0.439 e. The Morgan fingerprint density at radius 2 is 1.97 bits per heavy atom. The lowest BCUT2D eigenvalue weighted by Gasteiger charge is -2.15. The molecule has 3 aromatic heterocycles. The molecule has 4 heterocycles. The average Bonchev–Trinajstić information content (AvgIpc) is 3.43. The highest BCUT2D eigenvalue weighted by Gasteiger charge is 2.23. The monoisotopic (exact) mass is 497 g/mol. The van der Waals surface area contributed by atoms with Gasteiger partial charge >= 0.3 is 5.76 Å². The highest BCUT2D eigenvalue weighted by molar-refractivity contribution is 5.99. The highest BCUT2D eigenvalue weighted by Crippen LogP contribution is 2.40. The lowest BCUT2D eigenvalue weighted by molar-refractivity contribution is 0.307. The van der Waals surface area contributed by atoms with Crippen molar-refractivity contribution in [3.05, 3.63) is 105 Å². The average molecular weight is 498 g/mol. The predicted octanol–water partition coefficient (Wildman–Crippen LogP) is 5.12. The Morgan fingerprint density at radius 1 is 1.11 bits per heavy atom. The van der Waals surface area contributed by atoms with Crippen molar-refractivity contribution < 1.29 is 13.7 Å². The number of aryl methyl sites for hydroxylation is 1. The van der Waals surface area contributed by atoms with Gasteiger partial charge in [0.25, 0.3) is 0 Å². The fourth-order valence-electron chi connectivity index (χ4n) is 4.91. The summed E-state index contributed by atoms with van der Waals surface area (Å²) < 4.78 is 27.0. The second kappa shape index (κ2) is 9.16. The van der Waals surface area contributed by atoms with E-state index in [0.717, 1.165) is 57.8 Å². The normalized spacial score (nSPS) is 14.1. The quantitative estimate of drug-likeness (QED) is 0.339. The second-order valence-corrected chi connectivity index (χ2v) is 9.06. The summed E-state index contributed by atoms with van der Waals surface area (Å²) in [5.74, 6) is 0.852. The van der Waals surface area contributed by atoms with E-state index in [9.17, 15) is 9.18 Å². The molecular formula is C28H24FN5O3. The van der Waals surface area contributed by atoms with Gasteiger partial charge in [-0.1, -0.05) is 42.4 Å². The topological polar surface area (TPSA) is 98.8 Å². The molecule has 0 radical (unpaired) electrons. The van der Waals surface area contributed by atoms with Crippen LogP contribution in [0.1, 0.15) is 54.2 Å². The molecule has 0 amide bonds. The maximum Gasteiger partial charge on any atom is 0.439 e. The maximum absolute atomic E-state index is 14.0. The minimum absolute atomic E-state index is 0.367. The van der Waals surface area contributed by atoms with E-state index >= 15 is 0 Å². The number of nitrogens with zero attached hydrogens (tertiary/aromatic N) is 4. The Bertz CT molecular complexity index is 1730. The Balaban J connectivity index is 1.48. The van der Waals surface area contributed by atoms with Gasteiger partial charge in [0.05, 0.1) is 6.54 Å². The van der Waals surface area contributed by atoms with Gasteiger partial charge in [-0.25, -0.2) is 9.78 Å². The number of pyridine rings is 1. The van der Waals surface area contributed by atoms with Gasteiger partial charge < -0.3 is 9.30 Å². The van der Waals surface area contributed by atoms with Crippen LogP contribution in [0.5, 0.6) is 5.75 Å². The first-order valence-electron chi connectivity index (χ1n) is 12.1. The number of H-pyrrole nitrogens is 1. The lowest BCUT2D eigenvalue weighted by atomic mass is 9.89. The number of imidazole rings is 1. The first-order valence-corrected chi connectivity index (χ1v) is 12.1. The summed E-state index contributed by atoms with van der Waals surface area (Å²) in [5.41, 5.74) is 6.77. The number of allylic oxidation sites excluding steroid dienone is 1. The van der Waals surface area contributed by atoms with Crippen LogP contribution in [0, 0.1) is 5.95 Å². The number of hydrogen-bond donors (Lipinski definition) is 1. The summed E-state index contributed by atoms with van der Waals surface area (Å²) >= 11 is 0. The molecule has 0 bridgehead atoms. The van der Waals surface area contributed by atoms with E-state index in [1.165, 1.54) is 6.07 Å². The fourth-order valence-corrected chi connectivity index (χ4v) is 4.91. The van der Waals surface area contributed by atoms with Gasteiger partial charge in [-0.05, 0) is 59.9 Å². The molecule has 9 heteroatoms. The minimum Gasteiger partial charge on any atom is -0.488 e. The van der Waals surface area contributed by atoms with Crippen molar-refractivity contribution in [1.82, 2.24) is 24.7 Å². The van der Waals surface area contributed by atoms with E-state index in [4.69, 9.17) is 14.2 Å². The third kappa shape index (κ3) is 4.12. The molecule has 37 heavy (non-hydrogen) atoms. The van der Waals surface area contributed by atoms with E-state index in [1.807, 2.05) is 41.8 Å². The molecular weight excluding hydrogens is 473 g/mol. The van der Waals surface area contributed by atoms with Gasteiger partial charge in [-0.15, -0.1) is 0 Å². The number of rotatable bonds is 5. The van der Waals surface area contributed by atoms with Crippen LogP contribution in [0.15, 0.2) is 63.9 Å². The first-order chi connectivity index (χ1) is 18.0. The van der Waals surface area contributed by atoms with Crippen LogP contribution < -0.4 is 10.5 Å². The van der Waals surface area contributed by atoms with E-state index in [-0.39, 0.29) is 0 Å². The number of hydrogen-bond acceptors (Lipinski definition) is 6. The van der Waals surface area contributed by atoms with Gasteiger partial charge in [0.1, 0.15) is 23.7 Å². The number of benzene rings is 2. The lowest BCUT2D eigenvalue weighted by Crippen LogP contribution is -2.07. The van der Waals surface area contributed by atoms with Crippen molar-refractivity contribution in [3.63, 3.8) is 0 Å². The van der Waals surface area contributed by atoms with E-state index in [1.54, 1.807) is 6.07 Å². The van der Waals surface area contributed by atoms with Crippen molar-refractivity contribution in [1.29, 1.82) is 0 Å². The van der Waals surface area contributed by atoms with Gasteiger partial charge in [-0.3, -0.25) is 9.51 Å². The zero-order valence-corrected chi connectivity index (χ0v) is 20.4. The standard InChI is InChI=1S/C28H24FN5O3/c1-3-6-24-30-21-11-12-23(29)31-27(21)34(24)14-17-9-10-19-18(13-17)15-36-22-8-5-4-7-20(22)25(19)16(2)26-32-28(35)37-33-26/h4-5,7-13H,3,6,14-15H2,1-2H3,(H,32,33,35)/b25-16+. The number of aromatic nitrogens is 5. The summed E-state index contributed by atoms with van der Waals surface area (Å²) in [7, 11) is 0. The second-order valence-electron chi connectivity index (χ2n) is 9.06. The molecule has 1 aliphatic rings. The number of fused-ring (bicyclic) bond motifs is 3. The first kappa shape index (κ1) is 22.9. The van der Waals surface area contributed by atoms with Crippen molar-refractivity contribution in [3.8, 4) is 5.75 Å². The zero-order valence-electron chi connectivity index (χ0n) is 20.4. The van der Waals surface area contributed by atoms with E-state index < -0.39 is 11.7 Å². The van der Waals surface area contributed by atoms with Crippen LogP contribution in [0.2, 0.25) is 0 Å². The molecule has 1 aliphatic heterocycles. The molecule has 0 saturated heterocycles. The minimum atomic E-state index is -0.607. The number of halogens is 1. The number of aromatic amines is 1. The van der Waals surface area contributed by atoms with Crippen LogP contribution in [-0.4, -0.2) is 24.7 Å². The Hall–Kier alpha value is -4.53. The van der Waals surface area contributed by atoms with Crippen LogP contribution in [0.3, 0.4) is 0 Å². The predicted molar refractivity (Wildman–Crippen MR) is 137 cm³/mol. The summed E-state index contributed by atoms with van der Waals surface area (Å²) in [6, 6.07) is 17.0. The molecule has 2 aromatic carbocycles. The third-order valence-corrected chi connectivity index (χ3v) is 6.60. The van der Waals surface area contributed by atoms with Crippen LogP contribution in [-0.2, 0) is 19.6 Å². The molecule has 0 atom stereocenters. The molecule has 0 spiro atoms. The summed E-state index contributed by atoms with van der Waals surface area (Å²) in [6.45, 7) is 4.86. The molecule has 0 aliphatic carbocycles. The van der Waals surface area contributed by atoms with Crippen molar-refractivity contribution in [2.45, 2.75) is 39.8 Å². The van der Waals surface area contributed by atoms with Crippen molar-refractivity contribution >= 4 is 22.3 Å². The van der Waals surface area contributed by atoms with E-state index in [2.05, 4.69) is 34.2 Å². The van der Waals surface area contributed by atoms with Gasteiger partial charge in [-0.2, -0.15) is 9.37 Å². The van der Waals surface area contributed by atoms with Crippen LogP contribution in [0.4, 0.5) is 4.39 Å². The largest absolute Gasteiger partial charge is 0.488 e. The van der Waals surface area contributed by atoms with Gasteiger partial charge in [0, 0.05) is 17.6 Å². The molecule has 1 N–H and O–H groups in total. The molecule has 6 rings (SSSR count). The maximum atomic E-state index is 14.0. The number of nitrogens with one attached hydrogen (secondary N) is 1. The van der Waals surface area contributed by atoms with Gasteiger partial charge in [0.15, 0.2) is 11.5 Å². The number of ether oxygens (including phenoxy) is 1. The fraction of sp³-hybridized carbons (Fsp3) is 0.214. The van der Waals surface area contributed by atoms with E-state index in [0.29, 0.717) is 30.1 Å². The third-order valence-electron chi connectivity index (χ3n) is 6.60. The molecule has 0 fully saturated rings. The number of para-hydroxylation sites is 1. The highest BCUT2D eigenvalue weighted by atomic mass is 19.1. The molecule has 5 aromatic rings. The Labute approximate surface area is 211 Å². The van der Waals surface area contributed by atoms with Crippen molar-refractivity contribution in [2.24, 2.45) is 0 Å². The molecule has 0 unspecified atom stereocenters.